The number of amides is 1. The van der Waals surface area contributed by atoms with Crippen molar-refractivity contribution in [2.75, 3.05) is 0 Å². The lowest BCUT2D eigenvalue weighted by Crippen LogP contribution is -2.17. The molecule has 2 aromatic rings. The molecule has 0 unspecified atom stereocenters. The van der Waals surface area contributed by atoms with Gasteiger partial charge in [-0.25, -0.2) is 4.98 Å². The van der Waals surface area contributed by atoms with Crippen LogP contribution in [0.15, 0.2) is 24.3 Å². The van der Waals surface area contributed by atoms with Crippen molar-refractivity contribution >= 4 is 5.91 Å². The molecule has 1 aliphatic carbocycles. The maximum Gasteiger partial charge on any atom is 0.269 e. The van der Waals surface area contributed by atoms with Gasteiger partial charge < -0.3 is 5.73 Å². The highest BCUT2D eigenvalue weighted by Gasteiger charge is 2.17. The molecule has 1 fully saturated rings. The van der Waals surface area contributed by atoms with Gasteiger partial charge in [0.2, 0.25) is 0 Å². The summed E-state index contributed by atoms with van der Waals surface area (Å²) in [6.07, 6.45) is 7.32. The molecule has 3 rings (SSSR count). The van der Waals surface area contributed by atoms with Crippen molar-refractivity contribution in [1.29, 1.82) is 0 Å². The minimum absolute atomic E-state index is 0.247. The summed E-state index contributed by atoms with van der Waals surface area (Å²) in [6, 6.07) is 8.48. The van der Waals surface area contributed by atoms with E-state index in [1.165, 1.54) is 24.8 Å². The maximum atomic E-state index is 11.5. The number of aromatic nitrogens is 2. The van der Waals surface area contributed by atoms with E-state index in [4.69, 9.17) is 5.73 Å². The molecule has 119 valence electrons. The predicted molar refractivity (Wildman–Crippen MR) is 91.0 cm³/mol. The van der Waals surface area contributed by atoms with Crippen LogP contribution in [-0.2, 0) is 0 Å². The summed E-state index contributed by atoms with van der Waals surface area (Å²) >= 11 is 0. The van der Waals surface area contributed by atoms with Gasteiger partial charge in [0.05, 0.1) is 17.1 Å². The number of rotatable bonds is 3. The van der Waals surface area contributed by atoms with E-state index in [9.17, 15) is 4.79 Å². The molecule has 4 nitrogen and oxygen atoms in total. The van der Waals surface area contributed by atoms with Crippen LogP contribution in [-0.4, -0.2) is 15.9 Å². The van der Waals surface area contributed by atoms with Crippen LogP contribution in [0.25, 0.3) is 11.3 Å². The largest absolute Gasteiger partial charge is 0.364 e. The second-order valence-corrected chi connectivity index (χ2v) is 6.23. The number of hydrogen-bond acceptors (Lipinski definition) is 3. The van der Waals surface area contributed by atoms with Crippen LogP contribution in [0.5, 0.6) is 0 Å². The quantitative estimate of drug-likeness (QED) is 0.939. The van der Waals surface area contributed by atoms with E-state index in [1.807, 2.05) is 6.92 Å². The standard InChI is InChI=1S/C19H22N3O/c1-12-17(22-18(19(20)23)13(2)21-12)16-10-8-15(9-11-16)14-6-4-3-5-7-14/h4,8-11,14H,3,5-7H2,1-2H3,(H2,20,23)/t14-/m1/s1. The monoisotopic (exact) mass is 308 g/mol. The van der Waals surface area contributed by atoms with Crippen LogP contribution >= 0.6 is 0 Å². The van der Waals surface area contributed by atoms with E-state index in [2.05, 4.69) is 40.7 Å². The van der Waals surface area contributed by atoms with Crippen LogP contribution in [0.2, 0.25) is 0 Å². The third kappa shape index (κ3) is 3.26. The smallest absolute Gasteiger partial charge is 0.269 e. The fourth-order valence-corrected chi connectivity index (χ4v) is 3.30. The summed E-state index contributed by atoms with van der Waals surface area (Å²) in [6.45, 7) is 3.66. The maximum absolute atomic E-state index is 11.5. The summed E-state index contributed by atoms with van der Waals surface area (Å²) in [5.74, 6) is 0.0924. The van der Waals surface area contributed by atoms with Crippen LogP contribution in [0.3, 0.4) is 0 Å². The van der Waals surface area contributed by atoms with Gasteiger partial charge in [-0.2, -0.15) is 0 Å². The first-order chi connectivity index (χ1) is 11.1. The van der Waals surface area contributed by atoms with Crippen molar-refractivity contribution in [3.05, 3.63) is 53.3 Å². The van der Waals surface area contributed by atoms with Crippen molar-refractivity contribution < 1.29 is 4.79 Å². The summed E-state index contributed by atoms with van der Waals surface area (Å²) in [5.41, 5.74) is 10.1. The molecule has 1 aliphatic rings. The Morgan fingerprint density at radius 2 is 1.87 bits per heavy atom. The van der Waals surface area contributed by atoms with E-state index in [0.29, 0.717) is 11.6 Å². The van der Waals surface area contributed by atoms with Gasteiger partial charge in [0.15, 0.2) is 0 Å². The summed E-state index contributed by atoms with van der Waals surface area (Å²) in [5, 5.41) is 0. The van der Waals surface area contributed by atoms with Gasteiger partial charge in [-0.15, -0.1) is 0 Å². The van der Waals surface area contributed by atoms with Gasteiger partial charge in [0.25, 0.3) is 5.91 Å². The highest BCUT2D eigenvalue weighted by molar-refractivity contribution is 5.92. The Bertz CT molecular complexity index is 716. The number of nitrogens with zero attached hydrogens (tertiary/aromatic N) is 2. The Kier molecular flexibility index (Phi) is 4.42. The number of benzene rings is 1. The molecule has 2 N–H and O–H groups in total. The Labute approximate surface area is 137 Å². The Balaban J connectivity index is 1.92. The lowest BCUT2D eigenvalue weighted by molar-refractivity contribution is 0.0994. The average molecular weight is 308 g/mol. The molecule has 0 spiro atoms. The van der Waals surface area contributed by atoms with Crippen molar-refractivity contribution in [3.8, 4) is 11.3 Å². The summed E-state index contributed by atoms with van der Waals surface area (Å²) < 4.78 is 0. The molecule has 1 aromatic heterocycles. The van der Waals surface area contributed by atoms with E-state index < -0.39 is 5.91 Å². The summed E-state index contributed by atoms with van der Waals surface area (Å²) in [7, 11) is 0. The number of carbonyl (C=O) groups is 1. The first-order valence-corrected chi connectivity index (χ1v) is 8.13. The van der Waals surface area contributed by atoms with Crippen LogP contribution < -0.4 is 5.73 Å². The first kappa shape index (κ1) is 15.7. The first-order valence-electron chi connectivity index (χ1n) is 8.13. The number of nitrogens with two attached hydrogens (primary N) is 1. The average Bonchev–Trinajstić information content (AvgIpc) is 2.56. The number of aryl methyl sites for hydroxylation is 2. The Hall–Kier alpha value is -2.23. The molecule has 1 aromatic carbocycles. The summed E-state index contributed by atoms with van der Waals surface area (Å²) in [4.78, 5) is 20.3. The lowest BCUT2D eigenvalue weighted by atomic mass is 9.84. The fraction of sp³-hybridized carbons (Fsp3) is 0.368. The molecular formula is C19H22N3O. The molecule has 1 atom stereocenters. The van der Waals surface area contributed by atoms with Crippen molar-refractivity contribution in [2.24, 2.45) is 5.73 Å². The van der Waals surface area contributed by atoms with Gasteiger partial charge in [0, 0.05) is 5.56 Å². The Morgan fingerprint density at radius 3 is 2.48 bits per heavy atom. The molecule has 0 bridgehead atoms. The molecule has 23 heavy (non-hydrogen) atoms. The second-order valence-electron chi connectivity index (χ2n) is 6.23. The lowest BCUT2D eigenvalue weighted by Gasteiger charge is -2.22. The molecule has 1 radical (unpaired) electrons. The fourth-order valence-electron chi connectivity index (χ4n) is 3.30. The van der Waals surface area contributed by atoms with Crippen molar-refractivity contribution in [3.63, 3.8) is 0 Å². The normalized spacial score (nSPS) is 15.6. The van der Waals surface area contributed by atoms with Crippen molar-refractivity contribution in [2.45, 2.75) is 45.4 Å². The van der Waals surface area contributed by atoms with Gasteiger partial charge in [-0.3, -0.25) is 9.78 Å². The molecule has 0 aliphatic heterocycles. The van der Waals surface area contributed by atoms with E-state index in [1.54, 1.807) is 6.92 Å². The van der Waals surface area contributed by atoms with Crippen LogP contribution in [0.4, 0.5) is 0 Å². The minimum atomic E-state index is -0.536. The topological polar surface area (TPSA) is 68.9 Å². The van der Waals surface area contributed by atoms with Gasteiger partial charge in [0.1, 0.15) is 5.69 Å². The molecule has 1 heterocycles. The van der Waals surface area contributed by atoms with Gasteiger partial charge >= 0.3 is 0 Å². The molecule has 1 amide bonds. The Morgan fingerprint density at radius 1 is 1.13 bits per heavy atom. The zero-order chi connectivity index (χ0) is 16.4. The second kappa shape index (κ2) is 6.49. The number of carbonyl (C=O) groups excluding carboxylic acids is 1. The molecule has 0 saturated heterocycles. The van der Waals surface area contributed by atoms with Crippen molar-refractivity contribution in [1.82, 2.24) is 9.97 Å². The zero-order valence-corrected chi connectivity index (χ0v) is 13.7. The highest BCUT2D eigenvalue weighted by Crippen LogP contribution is 2.33. The molecule has 4 heteroatoms. The minimum Gasteiger partial charge on any atom is -0.364 e. The zero-order valence-electron chi connectivity index (χ0n) is 13.7. The third-order valence-electron chi connectivity index (χ3n) is 4.55. The third-order valence-corrected chi connectivity index (χ3v) is 4.55. The molecule has 1 saturated carbocycles. The van der Waals surface area contributed by atoms with E-state index in [-0.39, 0.29) is 5.69 Å². The highest BCUT2D eigenvalue weighted by atomic mass is 16.1. The van der Waals surface area contributed by atoms with E-state index in [0.717, 1.165) is 23.4 Å². The van der Waals surface area contributed by atoms with Gasteiger partial charge in [-0.05, 0) is 44.6 Å². The van der Waals surface area contributed by atoms with E-state index >= 15 is 0 Å². The predicted octanol–water partition coefficient (Wildman–Crippen LogP) is 3.72. The number of hydrogen-bond donors (Lipinski definition) is 1. The van der Waals surface area contributed by atoms with Gasteiger partial charge in [-0.1, -0.05) is 37.1 Å². The molecular weight excluding hydrogens is 286 g/mol. The van der Waals surface area contributed by atoms with Crippen LogP contribution in [0, 0.1) is 20.3 Å². The number of primary amides is 1. The SMILES string of the molecule is Cc1nc(C)c(-c2ccc([C@@H]3C[CH]CCC3)cc2)nc1C(N)=O. The van der Waals surface area contributed by atoms with Crippen LogP contribution in [0.1, 0.15) is 59.0 Å².